The fourth-order valence-electron chi connectivity index (χ4n) is 2.48. The summed E-state index contributed by atoms with van der Waals surface area (Å²) in [7, 11) is 0. The van der Waals surface area contributed by atoms with Crippen LogP contribution in [0.25, 0.3) is 11.1 Å². The largest absolute Gasteiger partial charge is 0.504 e. The molecule has 0 aliphatic heterocycles. The van der Waals surface area contributed by atoms with Crippen LogP contribution in [0.15, 0.2) is 22.6 Å². The standard InChI is InChI=1S/C13H15NO2/c15-11-8-4-7-10-12(11)16-13(14-10)9-5-2-1-3-6-9/h4,7-9,15H,1-3,5-6H2. The van der Waals surface area contributed by atoms with E-state index in [1.165, 1.54) is 19.3 Å². The molecule has 3 rings (SSSR count). The van der Waals surface area contributed by atoms with Crippen molar-refractivity contribution in [3.8, 4) is 5.75 Å². The molecule has 1 aliphatic rings. The molecule has 1 aromatic carbocycles. The van der Waals surface area contributed by atoms with E-state index in [-0.39, 0.29) is 5.75 Å². The first-order chi connectivity index (χ1) is 7.84. The zero-order chi connectivity index (χ0) is 11.0. The fraction of sp³-hybridized carbons (Fsp3) is 0.462. The van der Waals surface area contributed by atoms with Crippen molar-refractivity contribution < 1.29 is 9.52 Å². The molecule has 0 spiro atoms. The Morgan fingerprint density at radius 2 is 2.00 bits per heavy atom. The van der Waals surface area contributed by atoms with E-state index >= 15 is 0 Å². The summed E-state index contributed by atoms with van der Waals surface area (Å²) < 4.78 is 5.68. The van der Waals surface area contributed by atoms with Crippen LogP contribution < -0.4 is 0 Å². The second-order valence-corrected chi connectivity index (χ2v) is 4.51. The number of rotatable bonds is 1. The van der Waals surface area contributed by atoms with E-state index in [1.54, 1.807) is 12.1 Å². The van der Waals surface area contributed by atoms with Gasteiger partial charge in [0, 0.05) is 5.92 Å². The summed E-state index contributed by atoms with van der Waals surface area (Å²) in [6.07, 6.45) is 6.16. The zero-order valence-electron chi connectivity index (χ0n) is 9.15. The van der Waals surface area contributed by atoms with Gasteiger partial charge in [0.15, 0.2) is 17.2 Å². The number of nitrogens with zero attached hydrogens (tertiary/aromatic N) is 1. The van der Waals surface area contributed by atoms with Gasteiger partial charge in [-0.15, -0.1) is 0 Å². The van der Waals surface area contributed by atoms with E-state index in [1.807, 2.05) is 6.07 Å². The number of hydrogen-bond donors (Lipinski definition) is 1. The molecule has 0 unspecified atom stereocenters. The lowest BCUT2D eigenvalue weighted by atomic mass is 9.89. The van der Waals surface area contributed by atoms with Gasteiger partial charge in [0.25, 0.3) is 0 Å². The number of aromatic hydroxyl groups is 1. The van der Waals surface area contributed by atoms with Crippen molar-refractivity contribution in [3.05, 3.63) is 24.1 Å². The summed E-state index contributed by atoms with van der Waals surface area (Å²) in [5.74, 6) is 1.43. The number of fused-ring (bicyclic) bond motifs is 1. The van der Waals surface area contributed by atoms with Crippen molar-refractivity contribution in [1.29, 1.82) is 0 Å². The second kappa shape index (κ2) is 3.81. The van der Waals surface area contributed by atoms with E-state index in [0.29, 0.717) is 11.5 Å². The summed E-state index contributed by atoms with van der Waals surface area (Å²) in [5.41, 5.74) is 1.30. The zero-order valence-corrected chi connectivity index (χ0v) is 9.15. The van der Waals surface area contributed by atoms with E-state index < -0.39 is 0 Å². The molecular formula is C13H15NO2. The molecule has 0 saturated heterocycles. The Morgan fingerprint density at radius 1 is 1.19 bits per heavy atom. The average Bonchev–Trinajstić information content (AvgIpc) is 2.76. The maximum Gasteiger partial charge on any atom is 0.198 e. The Morgan fingerprint density at radius 3 is 2.75 bits per heavy atom. The van der Waals surface area contributed by atoms with Crippen LogP contribution in [0, 0.1) is 0 Å². The Labute approximate surface area is 94.1 Å². The molecule has 2 aromatic rings. The minimum atomic E-state index is 0.187. The number of benzene rings is 1. The third kappa shape index (κ3) is 1.56. The van der Waals surface area contributed by atoms with E-state index in [0.717, 1.165) is 24.2 Å². The van der Waals surface area contributed by atoms with Crippen LogP contribution in [0.5, 0.6) is 5.75 Å². The SMILES string of the molecule is Oc1cccc2nc(C3CCCCC3)oc12. The molecule has 0 amide bonds. The first kappa shape index (κ1) is 9.70. The lowest BCUT2D eigenvalue weighted by molar-refractivity contribution is 0.369. The number of phenols is 1. The summed E-state index contributed by atoms with van der Waals surface area (Å²) in [5, 5.41) is 9.65. The first-order valence-corrected chi connectivity index (χ1v) is 5.93. The first-order valence-electron chi connectivity index (χ1n) is 5.93. The van der Waals surface area contributed by atoms with Gasteiger partial charge in [-0.3, -0.25) is 0 Å². The highest BCUT2D eigenvalue weighted by Gasteiger charge is 2.21. The van der Waals surface area contributed by atoms with Gasteiger partial charge in [0.2, 0.25) is 0 Å². The maximum atomic E-state index is 9.65. The Balaban J connectivity index is 2.01. The third-order valence-electron chi connectivity index (χ3n) is 3.37. The maximum absolute atomic E-state index is 9.65. The summed E-state index contributed by atoms with van der Waals surface area (Å²) >= 11 is 0. The highest BCUT2D eigenvalue weighted by Crippen LogP contribution is 2.35. The molecule has 1 N–H and O–H groups in total. The van der Waals surface area contributed by atoms with Crippen molar-refractivity contribution in [3.63, 3.8) is 0 Å². The highest BCUT2D eigenvalue weighted by atomic mass is 16.4. The van der Waals surface area contributed by atoms with Crippen LogP contribution in [-0.4, -0.2) is 10.1 Å². The number of aromatic nitrogens is 1. The van der Waals surface area contributed by atoms with Gasteiger partial charge in [-0.25, -0.2) is 4.98 Å². The second-order valence-electron chi connectivity index (χ2n) is 4.51. The summed E-state index contributed by atoms with van der Waals surface area (Å²) in [6.45, 7) is 0. The molecule has 84 valence electrons. The Kier molecular flexibility index (Phi) is 2.31. The minimum absolute atomic E-state index is 0.187. The van der Waals surface area contributed by atoms with E-state index in [4.69, 9.17) is 4.42 Å². The molecule has 1 fully saturated rings. The van der Waals surface area contributed by atoms with Crippen LogP contribution >= 0.6 is 0 Å². The van der Waals surface area contributed by atoms with Crippen LogP contribution in [0.1, 0.15) is 43.9 Å². The molecule has 0 bridgehead atoms. The molecule has 0 radical (unpaired) electrons. The lowest BCUT2D eigenvalue weighted by Gasteiger charge is -2.17. The predicted octanol–water partition coefficient (Wildman–Crippen LogP) is 3.58. The highest BCUT2D eigenvalue weighted by molar-refractivity contribution is 5.78. The summed E-state index contributed by atoms with van der Waals surface area (Å²) in [4.78, 5) is 4.47. The van der Waals surface area contributed by atoms with Crippen molar-refractivity contribution in [1.82, 2.24) is 4.98 Å². The molecule has 1 aromatic heterocycles. The van der Waals surface area contributed by atoms with E-state index in [2.05, 4.69) is 4.98 Å². The topological polar surface area (TPSA) is 46.3 Å². The van der Waals surface area contributed by atoms with Crippen molar-refractivity contribution in [2.45, 2.75) is 38.0 Å². The normalized spacial score (nSPS) is 18.0. The van der Waals surface area contributed by atoms with Crippen LogP contribution in [0.3, 0.4) is 0 Å². The van der Waals surface area contributed by atoms with Crippen molar-refractivity contribution in [2.24, 2.45) is 0 Å². The van der Waals surface area contributed by atoms with Crippen molar-refractivity contribution in [2.75, 3.05) is 0 Å². The molecule has 0 atom stereocenters. The Bertz CT molecular complexity index is 498. The van der Waals surface area contributed by atoms with Crippen LogP contribution in [0.4, 0.5) is 0 Å². The van der Waals surface area contributed by atoms with Gasteiger partial charge < -0.3 is 9.52 Å². The van der Waals surface area contributed by atoms with E-state index in [9.17, 15) is 5.11 Å². The molecule has 1 heterocycles. The minimum Gasteiger partial charge on any atom is -0.504 e. The predicted molar refractivity (Wildman–Crippen MR) is 61.5 cm³/mol. The molecule has 1 aliphatic carbocycles. The smallest absolute Gasteiger partial charge is 0.198 e. The number of hydrogen-bond acceptors (Lipinski definition) is 3. The van der Waals surface area contributed by atoms with Gasteiger partial charge in [-0.05, 0) is 25.0 Å². The molecular weight excluding hydrogens is 202 g/mol. The van der Waals surface area contributed by atoms with Crippen LogP contribution in [-0.2, 0) is 0 Å². The number of para-hydroxylation sites is 1. The molecule has 3 nitrogen and oxygen atoms in total. The number of oxazole rings is 1. The third-order valence-corrected chi connectivity index (χ3v) is 3.37. The van der Waals surface area contributed by atoms with Gasteiger partial charge in [-0.2, -0.15) is 0 Å². The quantitative estimate of drug-likeness (QED) is 0.794. The van der Waals surface area contributed by atoms with Gasteiger partial charge >= 0.3 is 0 Å². The lowest BCUT2D eigenvalue weighted by Crippen LogP contribution is -2.04. The molecule has 3 heteroatoms. The monoisotopic (exact) mass is 217 g/mol. The Hall–Kier alpha value is -1.51. The van der Waals surface area contributed by atoms with Gasteiger partial charge in [-0.1, -0.05) is 25.3 Å². The van der Waals surface area contributed by atoms with Crippen LogP contribution in [0.2, 0.25) is 0 Å². The fourth-order valence-corrected chi connectivity index (χ4v) is 2.48. The molecule has 16 heavy (non-hydrogen) atoms. The average molecular weight is 217 g/mol. The molecule has 1 saturated carbocycles. The van der Waals surface area contributed by atoms with Gasteiger partial charge in [0.1, 0.15) is 5.52 Å². The summed E-state index contributed by atoms with van der Waals surface area (Å²) in [6, 6.07) is 5.31. The number of phenolic OH excluding ortho intramolecular Hbond substituents is 1. The van der Waals surface area contributed by atoms with Crippen molar-refractivity contribution >= 4 is 11.1 Å². The van der Waals surface area contributed by atoms with Gasteiger partial charge in [0.05, 0.1) is 0 Å².